The Hall–Kier alpha value is -1.42. The van der Waals surface area contributed by atoms with E-state index >= 15 is 0 Å². The Bertz CT molecular complexity index is 337. The van der Waals surface area contributed by atoms with Gasteiger partial charge in [0.05, 0.1) is 5.92 Å². The van der Waals surface area contributed by atoms with E-state index in [1.54, 1.807) is 24.3 Å². The minimum atomic E-state index is -0.151. The summed E-state index contributed by atoms with van der Waals surface area (Å²) in [6.07, 6.45) is 3.48. The Balaban J connectivity index is 2.59. The predicted molar refractivity (Wildman–Crippen MR) is 63.5 cm³/mol. The van der Waals surface area contributed by atoms with Crippen LogP contribution in [0.15, 0.2) is 24.5 Å². The molecule has 2 N–H and O–H groups in total. The lowest BCUT2D eigenvalue weighted by molar-refractivity contribution is -0.134. The molecule has 0 aliphatic carbocycles. The molecule has 2 atom stereocenters. The van der Waals surface area contributed by atoms with E-state index in [-0.39, 0.29) is 17.9 Å². The molecule has 4 nitrogen and oxygen atoms in total. The second-order valence-corrected chi connectivity index (χ2v) is 4.20. The summed E-state index contributed by atoms with van der Waals surface area (Å²) in [6, 6.07) is 3.69. The summed E-state index contributed by atoms with van der Waals surface area (Å²) < 4.78 is 0. The molecule has 0 aliphatic rings. The van der Waals surface area contributed by atoms with Gasteiger partial charge in [0.25, 0.3) is 0 Å². The molecule has 0 saturated heterocycles. The van der Waals surface area contributed by atoms with Crippen molar-refractivity contribution in [2.24, 2.45) is 11.7 Å². The maximum atomic E-state index is 11.9. The van der Waals surface area contributed by atoms with Crippen LogP contribution in [-0.2, 0) is 11.3 Å². The Kier molecular flexibility index (Phi) is 4.43. The zero-order valence-electron chi connectivity index (χ0n) is 10.1. The summed E-state index contributed by atoms with van der Waals surface area (Å²) >= 11 is 0. The summed E-state index contributed by atoms with van der Waals surface area (Å²) in [5.74, 6) is -0.0828. The van der Waals surface area contributed by atoms with Crippen LogP contribution in [0.25, 0.3) is 0 Å². The molecule has 0 aliphatic heterocycles. The molecule has 1 amide bonds. The molecule has 2 unspecified atom stereocenters. The molecule has 88 valence electrons. The monoisotopic (exact) mass is 221 g/mol. The maximum absolute atomic E-state index is 11.9. The fourth-order valence-electron chi connectivity index (χ4n) is 1.42. The lowest BCUT2D eigenvalue weighted by Gasteiger charge is -2.23. The fraction of sp³-hybridized carbons (Fsp3) is 0.500. The normalized spacial score (nSPS) is 14.2. The van der Waals surface area contributed by atoms with Crippen LogP contribution in [0.2, 0.25) is 0 Å². The van der Waals surface area contributed by atoms with Gasteiger partial charge in [-0.15, -0.1) is 0 Å². The predicted octanol–water partition coefficient (Wildman–Crippen LogP) is 1.02. The van der Waals surface area contributed by atoms with Crippen molar-refractivity contribution in [2.75, 3.05) is 7.05 Å². The van der Waals surface area contributed by atoms with E-state index < -0.39 is 0 Å². The number of carbonyl (C=O) groups is 1. The second kappa shape index (κ2) is 5.61. The van der Waals surface area contributed by atoms with Gasteiger partial charge in [0.15, 0.2) is 0 Å². The van der Waals surface area contributed by atoms with E-state index in [0.29, 0.717) is 6.54 Å². The third-order valence-corrected chi connectivity index (χ3v) is 2.70. The number of hydrogen-bond acceptors (Lipinski definition) is 3. The highest BCUT2D eigenvalue weighted by atomic mass is 16.2. The molecule has 1 aromatic rings. The molecular weight excluding hydrogens is 202 g/mol. The number of hydrogen-bond donors (Lipinski definition) is 1. The van der Waals surface area contributed by atoms with Gasteiger partial charge in [0, 0.05) is 32.0 Å². The van der Waals surface area contributed by atoms with Crippen molar-refractivity contribution in [2.45, 2.75) is 26.4 Å². The molecule has 0 fully saturated rings. The molecule has 0 radical (unpaired) electrons. The molecule has 0 spiro atoms. The van der Waals surface area contributed by atoms with Gasteiger partial charge in [-0.25, -0.2) is 0 Å². The van der Waals surface area contributed by atoms with Crippen molar-refractivity contribution in [3.63, 3.8) is 0 Å². The Labute approximate surface area is 96.5 Å². The molecular formula is C12H19N3O. The second-order valence-electron chi connectivity index (χ2n) is 4.20. The van der Waals surface area contributed by atoms with Crippen LogP contribution in [0.4, 0.5) is 0 Å². The highest BCUT2D eigenvalue weighted by molar-refractivity contribution is 5.78. The first-order valence-corrected chi connectivity index (χ1v) is 5.42. The number of rotatable bonds is 4. The molecule has 0 saturated carbocycles. The largest absolute Gasteiger partial charge is 0.341 e. The van der Waals surface area contributed by atoms with E-state index in [0.717, 1.165) is 5.56 Å². The first kappa shape index (κ1) is 12.6. The SMILES string of the molecule is CC(N)C(C)C(=O)N(C)Cc1cccnc1. The van der Waals surface area contributed by atoms with Crippen LogP contribution in [0.1, 0.15) is 19.4 Å². The van der Waals surface area contributed by atoms with Gasteiger partial charge in [-0.3, -0.25) is 9.78 Å². The number of pyridine rings is 1. The number of nitrogens with zero attached hydrogens (tertiary/aromatic N) is 2. The Morgan fingerprint density at radius 1 is 1.56 bits per heavy atom. The van der Waals surface area contributed by atoms with E-state index in [2.05, 4.69) is 4.98 Å². The third-order valence-electron chi connectivity index (χ3n) is 2.70. The average molecular weight is 221 g/mol. The molecule has 1 rings (SSSR count). The van der Waals surface area contributed by atoms with Crippen molar-refractivity contribution >= 4 is 5.91 Å². The van der Waals surface area contributed by atoms with Crippen molar-refractivity contribution < 1.29 is 4.79 Å². The van der Waals surface area contributed by atoms with Crippen LogP contribution in [-0.4, -0.2) is 28.9 Å². The van der Waals surface area contributed by atoms with Crippen molar-refractivity contribution in [1.29, 1.82) is 0 Å². The molecule has 4 heteroatoms. The number of amides is 1. The topological polar surface area (TPSA) is 59.2 Å². The van der Waals surface area contributed by atoms with Crippen LogP contribution in [0.5, 0.6) is 0 Å². The number of aromatic nitrogens is 1. The summed E-state index contributed by atoms with van der Waals surface area (Å²) in [5, 5.41) is 0. The average Bonchev–Trinajstić information content (AvgIpc) is 2.28. The molecule has 1 heterocycles. The van der Waals surface area contributed by atoms with Gasteiger partial charge >= 0.3 is 0 Å². The van der Waals surface area contributed by atoms with Crippen LogP contribution >= 0.6 is 0 Å². The highest BCUT2D eigenvalue weighted by Gasteiger charge is 2.20. The number of nitrogens with two attached hydrogens (primary N) is 1. The van der Waals surface area contributed by atoms with Gasteiger partial charge < -0.3 is 10.6 Å². The molecule has 16 heavy (non-hydrogen) atoms. The van der Waals surface area contributed by atoms with E-state index in [1.165, 1.54) is 0 Å². The van der Waals surface area contributed by atoms with Crippen LogP contribution < -0.4 is 5.73 Å². The quantitative estimate of drug-likeness (QED) is 0.826. The first-order chi connectivity index (χ1) is 7.52. The molecule has 1 aromatic heterocycles. The lowest BCUT2D eigenvalue weighted by Crippen LogP contribution is -2.39. The Morgan fingerprint density at radius 3 is 2.75 bits per heavy atom. The smallest absolute Gasteiger partial charge is 0.226 e. The van der Waals surface area contributed by atoms with Gasteiger partial charge in [-0.05, 0) is 18.6 Å². The van der Waals surface area contributed by atoms with E-state index in [9.17, 15) is 4.79 Å². The van der Waals surface area contributed by atoms with Gasteiger partial charge in [0.2, 0.25) is 5.91 Å². The van der Waals surface area contributed by atoms with Gasteiger partial charge in [0.1, 0.15) is 0 Å². The summed E-state index contributed by atoms with van der Waals surface area (Å²) in [6.45, 7) is 4.27. The Morgan fingerprint density at radius 2 is 2.25 bits per heavy atom. The van der Waals surface area contributed by atoms with Crippen molar-refractivity contribution in [3.05, 3.63) is 30.1 Å². The fourth-order valence-corrected chi connectivity index (χ4v) is 1.42. The van der Waals surface area contributed by atoms with E-state index in [1.807, 2.05) is 26.0 Å². The summed E-state index contributed by atoms with van der Waals surface area (Å²) in [4.78, 5) is 17.6. The summed E-state index contributed by atoms with van der Waals surface area (Å²) in [7, 11) is 1.79. The van der Waals surface area contributed by atoms with E-state index in [4.69, 9.17) is 5.73 Å². The zero-order chi connectivity index (χ0) is 12.1. The standard InChI is InChI=1S/C12H19N3O/c1-9(10(2)13)12(16)15(3)8-11-5-4-6-14-7-11/h4-7,9-10H,8,13H2,1-3H3. The lowest BCUT2D eigenvalue weighted by atomic mass is 10.0. The highest BCUT2D eigenvalue weighted by Crippen LogP contribution is 2.08. The zero-order valence-corrected chi connectivity index (χ0v) is 10.1. The van der Waals surface area contributed by atoms with Gasteiger partial charge in [-0.1, -0.05) is 13.0 Å². The van der Waals surface area contributed by atoms with Crippen LogP contribution in [0, 0.1) is 5.92 Å². The van der Waals surface area contributed by atoms with Crippen molar-refractivity contribution in [1.82, 2.24) is 9.88 Å². The van der Waals surface area contributed by atoms with Crippen molar-refractivity contribution in [3.8, 4) is 0 Å². The van der Waals surface area contributed by atoms with Crippen LogP contribution in [0.3, 0.4) is 0 Å². The number of carbonyl (C=O) groups excluding carboxylic acids is 1. The van der Waals surface area contributed by atoms with Gasteiger partial charge in [-0.2, -0.15) is 0 Å². The maximum Gasteiger partial charge on any atom is 0.226 e. The molecule has 0 bridgehead atoms. The first-order valence-electron chi connectivity index (χ1n) is 5.42. The third kappa shape index (κ3) is 3.31. The molecule has 0 aromatic carbocycles. The minimum absolute atomic E-state index is 0.0684. The summed E-state index contributed by atoms with van der Waals surface area (Å²) in [5.41, 5.74) is 6.73. The minimum Gasteiger partial charge on any atom is -0.341 e.